The Hall–Kier alpha value is -0.600. The van der Waals surface area contributed by atoms with Gasteiger partial charge in [-0.1, -0.05) is 0 Å². The van der Waals surface area contributed by atoms with Gasteiger partial charge < -0.3 is 54.8 Å². The standard InChI is InChI=1S/C34H81N15/c1-31-27-47(17-9-39)33(29-46(31)16-8-38)26-34-30-48(18-10-40)32(28-49(34)19-11-41)4-12-44(15-7-37)24-25-45(22-20-42(2)13-5-35)23-21-43(3)14-6-36/h31-34H,4-30,35-41H2,1-3H3/t31-,32?,33?,34?/m1/s1. The number of rotatable bonds is 28. The highest BCUT2D eigenvalue weighted by molar-refractivity contribution is 4.95. The van der Waals surface area contributed by atoms with Crippen LogP contribution in [-0.2, 0) is 0 Å². The van der Waals surface area contributed by atoms with Crippen LogP contribution in [0.2, 0.25) is 0 Å². The van der Waals surface area contributed by atoms with E-state index >= 15 is 0 Å². The summed E-state index contributed by atoms with van der Waals surface area (Å²) in [5.41, 5.74) is 42.3. The summed E-state index contributed by atoms with van der Waals surface area (Å²) in [6.07, 6.45) is 2.20. The van der Waals surface area contributed by atoms with Gasteiger partial charge >= 0.3 is 0 Å². The average molecular weight is 700 g/mol. The van der Waals surface area contributed by atoms with Gasteiger partial charge in [-0.3, -0.25) is 24.5 Å². The molecule has 2 aliphatic rings. The van der Waals surface area contributed by atoms with Gasteiger partial charge in [0.1, 0.15) is 0 Å². The number of piperazine rings is 2. The molecule has 14 N–H and O–H groups in total. The second-order valence-electron chi connectivity index (χ2n) is 14.6. The minimum atomic E-state index is 0.438. The lowest BCUT2D eigenvalue weighted by Crippen LogP contribution is -2.64. The summed E-state index contributed by atoms with van der Waals surface area (Å²) in [5.74, 6) is 0. The van der Waals surface area contributed by atoms with E-state index in [0.29, 0.717) is 70.0 Å². The number of nitrogens with zero attached hydrogens (tertiary/aromatic N) is 8. The first-order valence-corrected chi connectivity index (χ1v) is 19.4. The summed E-state index contributed by atoms with van der Waals surface area (Å²) in [5, 5.41) is 0. The minimum absolute atomic E-state index is 0.438. The van der Waals surface area contributed by atoms with Crippen LogP contribution in [0.4, 0.5) is 0 Å². The maximum atomic E-state index is 6.23. The summed E-state index contributed by atoms with van der Waals surface area (Å²) in [6, 6.07) is 1.83. The molecule has 2 fully saturated rings. The Kier molecular flexibility index (Phi) is 23.8. The third-order valence-electron chi connectivity index (χ3n) is 10.8. The fraction of sp³-hybridized carbons (Fsp3) is 1.00. The van der Waals surface area contributed by atoms with E-state index < -0.39 is 0 Å². The molecule has 15 heteroatoms. The Labute approximate surface area is 300 Å². The Morgan fingerprint density at radius 3 is 1.31 bits per heavy atom. The molecule has 0 aromatic carbocycles. The van der Waals surface area contributed by atoms with Gasteiger partial charge in [0.2, 0.25) is 0 Å². The lowest BCUT2D eigenvalue weighted by atomic mass is 9.94. The predicted molar refractivity (Wildman–Crippen MR) is 208 cm³/mol. The topological polar surface area (TPSA) is 208 Å². The molecule has 0 aromatic rings. The largest absolute Gasteiger partial charge is 0.329 e. The normalized spacial score (nSPS) is 23.6. The van der Waals surface area contributed by atoms with E-state index in [9.17, 15) is 0 Å². The van der Waals surface area contributed by atoms with Crippen LogP contribution in [0.15, 0.2) is 0 Å². The molecule has 2 aliphatic heterocycles. The first-order chi connectivity index (χ1) is 23.7. The van der Waals surface area contributed by atoms with Gasteiger partial charge in [0.05, 0.1) is 0 Å². The first-order valence-electron chi connectivity index (χ1n) is 19.4. The van der Waals surface area contributed by atoms with E-state index in [4.69, 9.17) is 40.1 Å². The lowest BCUT2D eigenvalue weighted by molar-refractivity contribution is -0.0145. The minimum Gasteiger partial charge on any atom is -0.329 e. The quantitative estimate of drug-likeness (QED) is 0.0412. The van der Waals surface area contributed by atoms with E-state index in [1.807, 2.05) is 0 Å². The van der Waals surface area contributed by atoms with Gasteiger partial charge in [-0.05, 0) is 40.4 Å². The maximum absolute atomic E-state index is 6.23. The van der Waals surface area contributed by atoms with Gasteiger partial charge in [-0.2, -0.15) is 0 Å². The van der Waals surface area contributed by atoms with E-state index in [-0.39, 0.29) is 0 Å². The molecule has 0 bridgehead atoms. The summed E-state index contributed by atoms with van der Waals surface area (Å²) in [7, 11) is 4.31. The molecule has 0 spiro atoms. The third kappa shape index (κ3) is 16.7. The molecule has 2 rings (SSSR count). The van der Waals surface area contributed by atoms with Gasteiger partial charge in [0, 0.05) is 181 Å². The summed E-state index contributed by atoms with van der Waals surface area (Å²) < 4.78 is 0. The van der Waals surface area contributed by atoms with Crippen LogP contribution in [0.5, 0.6) is 0 Å². The van der Waals surface area contributed by atoms with Gasteiger partial charge in [-0.25, -0.2) is 0 Å². The van der Waals surface area contributed by atoms with Crippen LogP contribution in [-0.4, -0.2) is 241 Å². The summed E-state index contributed by atoms with van der Waals surface area (Å²) >= 11 is 0. The molecule has 2 heterocycles. The molecule has 4 atom stereocenters. The number of likely N-dealkylation sites (N-methyl/N-ethyl adjacent to an activating group) is 2. The molecule has 0 aromatic heterocycles. The molecule has 0 amide bonds. The highest BCUT2D eigenvalue weighted by atomic mass is 15.3. The molecule has 2 saturated heterocycles. The van der Waals surface area contributed by atoms with Crippen molar-refractivity contribution >= 4 is 0 Å². The molecule has 292 valence electrons. The van der Waals surface area contributed by atoms with Gasteiger partial charge in [0.15, 0.2) is 0 Å². The smallest absolute Gasteiger partial charge is 0.0239 e. The molecule has 3 unspecified atom stereocenters. The predicted octanol–water partition coefficient (Wildman–Crippen LogP) is -4.33. The zero-order chi connectivity index (χ0) is 36.0. The number of nitrogens with two attached hydrogens (primary N) is 7. The number of hydrogen-bond acceptors (Lipinski definition) is 15. The molecular formula is C34H81N15. The first kappa shape index (κ1) is 44.6. The zero-order valence-electron chi connectivity index (χ0n) is 32.0. The van der Waals surface area contributed by atoms with Crippen molar-refractivity contribution in [1.29, 1.82) is 0 Å². The fourth-order valence-electron chi connectivity index (χ4n) is 7.83. The average Bonchev–Trinajstić information content (AvgIpc) is 3.07. The second kappa shape index (κ2) is 26.2. The van der Waals surface area contributed by atoms with Gasteiger partial charge in [-0.15, -0.1) is 0 Å². The van der Waals surface area contributed by atoms with Crippen LogP contribution in [0, 0.1) is 0 Å². The van der Waals surface area contributed by atoms with Crippen LogP contribution >= 0.6 is 0 Å². The maximum Gasteiger partial charge on any atom is 0.0239 e. The highest BCUT2D eigenvalue weighted by Gasteiger charge is 2.38. The van der Waals surface area contributed by atoms with Crippen molar-refractivity contribution in [1.82, 2.24) is 39.2 Å². The van der Waals surface area contributed by atoms with Crippen LogP contribution in [0.1, 0.15) is 19.8 Å². The zero-order valence-corrected chi connectivity index (χ0v) is 32.0. The van der Waals surface area contributed by atoms with Crippen molar-refractivity contribution in [3.05, 3.63) is 0 Å². The molecule has 49 heavy (non-hydrogen) atoms. The second-order valence-corrected chi connectivity index (χ2v) is 14.6. The summed E-state index contributed by atoms with van der Waals surface area (Å²) in [6.45, 7) is 24.8. The Bertz CT molecular complexity index is 781. The van der Waals surface area contributed by atoms with Crippen molar-refractivity contribution in [2.45, 2.75) is 43.9 Å². The monoisotopic (exact) mass is 700 g/mol. The lowest BCUT2D eigenvalue weighted by Gasteiger charge is -2.51. The van der Waals surface area contributed by atoms with Gasteiger partial charge in [0.25, 0.3) is 0 Å². The third-order valence-corrected chi connectivity index (χ3v) is 10.8. The summed E-state index contributed by atoms with van der Waals surface area (Å²) in [4.78, 5) is 20.3. The number of hydrogen-bond donors (Lipinski definition) is 7. The molecule has 0 saturated carbocycles. The van der Waals surface area contributed by atoms with Crippen molar-refractivity contribution in [3.8, 4) is 0 Å². The van der Waals surface area contributed by atoms with E-state index in [2.05, 4.69) is 60.2 Å². The highest BCUT2D eigenvalue weighted by Crippen LogP contribution is 2.25. The van der Waals surface area contributed by atoms with E-state index in [1.165, 1.54) is 0 Å². The molecular weight excluding hydrogens is 618 g/mol. The van der Waals surface area contributed by atoms with E-state index in [0.717, 1.165) is 131 Å². The van der Waals surface area contributed by atoms with Crippen molar-refractivity contribution in [3.63, 3.8) is 0 Å². The van der Waals surface area contributed by atoms with Crippen molar-refractivity contribution < 1.29 is 0 Å². The Balaban J connectivity index is 2.08. The Morgan fingerprint density at radius 1 is 0.429 bits per heavy atom. The van der Waals surface area contributed by atoms with E-state index in [1.54, 1.807) is 0 Å². The van der Waals surface area contributed by atoms with Crippen LogP contribution in [0.3, 0.4) is 0 Å². The van der Waals surface area contributed by atoms with Crippen LogP contribution in [0.25, 0.3) is 0 Å². The SMILES string of the molecule is C[C@@H]1CN(CCN)C(CC2CN(CCN)C(CCN(CCN)CCN(CCN(C)CCN)CCN(C)CCN)CN2CCN)CN1CCN. The Morgan fingerprint density at radius 2 is 0.816 bits per heavy atom. The molecule has 0 radical (unpaired) electrons. The molecule has 15 nitrogen and oxygen atoms in total. The van der Waals surface area contributed by atoms with Crippen molar-refractivity contribution in [2.75, 3.05) is 178 Å². The molecule has 0 aliphatic carbocycles. The fourth-order valence-corrected chi connectivity index (χ4v) is 7.83. The van der Waals surface area contributed by atoms with Crippen LogP contribution < -0.4 is 40.1 Å². The van der Waals surface area contributed by atoms with Crippen molar-refractivity contribution in [2.24, 2.45) is 40.1 Å².